The van der Waals surface area contributed by atoms with E-state index in [1.54, 1.807) is 6.08 Å². The number of rotatable bonds is 1. The summed E-state index contributed by atoms with van der Waals surface area (Å²) in [5.41, 5.74) is 0. The van der Waals surface area contributed by atoms with Crippen molar-refractivity contribution < 1.29 is 4.79 Å². The van der Waals surface area contributed by atoms with E-state index in [0.29, 0.717) is 17.6 Å². The zero-order valence-corrected chi connectivity index (χ0v) is 7.50. The molecule has 0 saturated carbocycles. The van der Waals surface area contributed by atoms with Crippen molar-refractivity contribution in [3.63, 3.8) is 0 Å². The molecule has 2 atom stereocenters. The highest BCUT2D eigenvalue weighted by Gasteiger charge is 2.22. The average molecular weight is 152 g/mol. The zero-order valence-electron chi connectivity index (χ0n) is 7.50. The van der Waals surface area contributed by atoms with Gasteiger partial charge in [0.1, 0.15) is 0 Å². The van der Waals surface area contributed by atoms with Crippen LogP contribution in [0.1, 0.15) is 27.2 Å². The lowest BCUT2D eigenvalue weighted by atomic mass is 9.81. The molecule has 1 aliphatic carbocycles. The molecule has 0 unspecified atom stereocenters. The van der Waals surface area contributed by atoms with Gasteiger partial charge in [-0.05, 0) is 24.3 Å². The molecular formula is C10H16O. The monoisotopic (exact) mass is 152 g/mol. The molecule has 0 spiro atoms. The van der Waals surface area contributed by atoms with E-state index in [2.05, 4.69) is 19.9 Å². The molecule has 0 amide bonds. The Morgan fingerprint density at radius 1 is 1.55 bits per heavy atom. The third-order valence-corrected chi connectivity index (χ3v) is 2.48. The van der Waals surface area contributed by atoms with Crippen LogP contribution in [0.4, 0.5) is 0 Å². The summed E-state index contributed by atoms with van der Waals surface area (Å²) in [7, 11) is 0. The highest BCUT2D eigenvalue weighted by Crippen LogP contribution is 2.26. The lowest BCUT2D eigenvalue weighted by Gasteiger charge is -2.23. The van der Waals surface area contributed by atoms with Crippen LogP contribution in [0, 0.1) is 17.8 Å². The summed E-state index contributed by atoms with van der Waals surface area (Å²) in [5.74, 6) is 1.82. The first-order valence-electron chi connectivity index (χ1n) is 4.33. The summed E-state index contributed by atoms with van der Waals surface area (Å²) >= 11 is 0. The Morgan fingerprint density at radius 2 is 2.18 bits per heavy atom. The first-order valence-corrected chi connectivity index (χ1v) is 4.33. The van der Waals surface area contributed by atoms with Gasteiger partial charge in [-0.3, -0.25) is 4.79 Å². The third-order valence-electron chi connectivity index (χ3n) is 2.48. The molecule has 0 bridgehead atoms. The van der Waals surface area contributed by atoms with Crippen molar-refractivity contribution in [1.29, 1.82) is 0 Å². The molecule has 1 heteroatoms. The molecular weight excluding hydrogens is 136 g/mol. The first kappa shape index (κ1) is 8.51. The predicted octanol–water partition coefficient (Wildman–Crippen LogP) is 2.42. The number of hydrogen-bond donors (Lipinski definition) is 0. The topological polar surface area (TPSA) is 17.1 Å². The molecule has 0 radical (unpaired) electrons. The van der Waals surface area contributed by atoms with Crippen LogP contribution < -0.4 is 0 Å². The Labute approximate surface area is 68.5 Å². The second-order valence-corrected chi connectivity index (χ2v) is 3.81. The Morgan fingerprint density at radius 3 is 2.64 bits per heavy atom. The summed E-state index contributed by atoms with van der Waals surface area (Å²) < 4.78 is 0. The van der Waals surface area contributed by atoms with Gasteiger partial charge in [-0.25, -0.2) is 0 Å². The Bertz CT molecular complexity index is 179. The van der Waals surface area contributed by atoms with Crippen molar-refractivity contribution in [3.05, 3.63) is 12.2 Å². The minimum atomic E-state index is 0.243. The normalized spacial score (nSPS) is 31.5. The van der Waals surface area contributed by atoms with Crippen LogP contribution in [0.2, 0.25) is 0 Å². The van der Waals surface area contributed by atoms with Gasteiger partial charge in [0, 0.05) is 5.92 Å². The smallest absolute Gasteiger partial charge is 0.158 e. The van der Waals surface area contributed by atoms with E-state index in [9.17, 15) is 4.79 Å². The van der Waals surface area contributed by atoms with Crippen LogP contribution in [0.5, 0.6) is 0 Å². The second kappa shape index (κ2) is 3.21. The van der Waals surface area contributed by atoms with Crippen LogP contribution in [-0.2, 0) is 4.79 Å². The van der Waals surface area contributed by atoms with E-state index in [4.69, 9.17) is 0 Å². The largest absolute Gasteiger partial charge is 0.295 e. The molecule has 0 aromatic carbocycles. The van der Waals surface area contributed by atoms with Gasteiger partial charge in [0.25, 0.3) is 0 Å². The van der Waals surface area contributed by atoms with E-state index >= 15 is 0 Å². The number of carbonyl (C=O) groups is 1. The van der Waals surface area contributed by atoms with Gasteiger partial charge in [-0.2, -0.15) is 0 Å². The summed E-state index contributed by atoms with van der Waals surface area (Å²) in [6, 6.07) is 0. The van der Waals surface area contributed by atoms with Gasteiger partial charge in [0.05, 0.1) is 0 Å². The SMILES string of the molecule is CC(C)[C@H]1C=CC(=O)[C@H](C)C1. The van der Waals surface area contributed by atoms with E-state index in [1.165, 1.54) is 0 Å². The van der Waals surface area contributed by atoms with Crippen molar-refractivity contribution in [2.24, 2.45) is 17.8 Å². The maximum Gasteiger partial charge on any atom is 0.158 e. The van der Waals surface area contributed by atoms with Crippen LogP contribution in [0.15, 0.2) is 12.2 Å². The van der Waals surface area contributed by atoms with E-state index < -0.39 is 0 Å². The lowest BCUT2D eigenvalue weighted by molar-refractivity contribution is -0.118. The molecule has 0 fully saturated rings. The molecule has 0 aromatic heterocycles. The molecule has 62 valence electrons. The fourth-order valence-corrected chi connectivity index (χ4v) is 1.48. The molecule has 1 nitrogen and oxygen atoms in total. The van der Waals surface area contributed by atoms with Crippen LogP contribution in [0.25, 0.3) is 0 Å². The van der Waals surface area contributed by atoms with Crippen LogP contribution in [0.3, 0.4) is 0 Å². The summed E-state index contributed by atoms with van der Waals surface area (Å²) in [6.45, 7) is 6.43. The summed E-state index contributed by atoms with van der Waals surface area (Å²) in [6.07, 6.45) is 4.85. The lowest BCUT2D eigenvalue weighted by Crippen LogP contribution is -2.20. The van der Waals surface area contributed by atoms with Crippen LogP contribution in [-0.4, -0.2) is 5.78 Å². The van der Waals surface area contributed by atoms with Crippen molar-refractivity contribution in [3.8, 4) is 0 Å². The van der Waals surface area contributed by atoms with Gasteiger partial charge >= 0.3 is 0 Å². The number of hydrogen-bond acceptors (Lipinski definition) is 1. The Balaban J connectivity index is 2.63. The number of allylic oxidation sites excluding steroid dienone is 2. The second-order valence-electron chi connectivity index (χ2n) is 3.81. The fourth-order valence-electron chi connectivity index (χ4n) is 1.48. The first-order chi connectivity index (χ1) is 5.11. The van der Waals surface area contributed by atoms with Crippen LogP contribution >= 0.6 is 0 Å². The summed E-state index contributed by atoms with van der Waals surface area (Å²) in [5, 5.41) is 0. The quantitative estimate of drug-likeness (QED) is 0.564. The minimum absolute atomic E-state index is 0.243. The maximum atomic E-state index is 11.1. The highest BCUT2D eigenvalue weighted by atomic mass is 16.1. The molecule has 0 N–H and O–H groups in total. The predicted molar refractivity (Wildman–Crippen MR) is 46.3 cm³/mol. The maximum absolute atomic E-state index is 11.1. The van der Waals surface area contributed by atoms with Gasteiger partial charge in [-0.1, -0.05) is 26.8 Å². The minimum Gasteiger partial charge on any atom is -0.295 e. The van der Waals surface area contributed by atoms with Crippen molar-refractivity contribution >= 4 is 5.78 Å². The molecule has 0 aromatic rings. The average Bonchev–Trinajstić information content (AvgIpc) is 1.94. The molecule has 1 aliphatic rings. The number of ketones is 1. The molecule has 0 heterocycles. The summed E-state index contributed by atoms with van der Waals surface area (Å²) in [4.78, 5) is 11.1. The van der Waals surface area contributed by atoms with E-state index in [1.807, 2.05) is 6.92 Å². The highest BCUT2D eigenvalue weighted by molar-refractivity contribution is 5.92. The molecule has 1 rings (SSSR count). The van der Waals surface area contributed by atoms with Gasteiger partial charge in [-0.15, -0.1) is 0 Å². The number of carbonyl (C=O) groups excluding carboxylic acids is 1. The molecule has 0 aliphatic heterocycles. The Kier molecular flexibility index (Phi) is 2.48. The van der Waals surface area contributed by atoms with Gasteiger partial charge in [0.2, 0.25) is 0 Å². The molecule has 11 heavy (non-hydrogen) atoms. The molecule has 0 saturated heterocycles. The van der Waals surface area contributed by atoms with Crippen molar-refractivity contribution in [2.75, 3.05) is 0 Å². The van der Waals surface area contributed by atoms with Gasteiger partial charge in [0.15, 0.2) is 5.78 Å². The third kappa shape index (κ3) is 1.92. The van der Waals surface area contributed by atoms with Crippen molar-refractivity contribution in [2.45, 2.75) is 27.2 Å². The Hall–Kier alpha value is -0.590. The van der Waals surface area contributed by atoms with E-state index in [0.717, 1.165) is 6.42 Å². The van der Waals surface area contributed by atoms with E-state index in [-0.39, 0.29) is 5.92 Å². The van der Waals surface area contributed by atoms with Gasteiger partial charge < -0.3 is 0 Å². The zero-order chi connectivity index (χ0) is 8.43. The fraction of sp³-hybridized carbons (Fsp3) is 0.700. The standard InChI is InChI=1S/C10H16O/c1-7(2)9-4-5-10(11)8(3)6-9/h4-5,7-9H,6H2,1-3H3/t8-,9+/m1/s1. The van der Waals surface area contributed by atoms with Crippen molar-refractivity contribution in [1.82, 2.24) is 0 Å².